The molecule has 0 aliphatic heterocycles. The van der Waals surface area contributed by atoms with Gasteiger partial charge in [-0.05, 0) is 47.1 Å². The topological polar surface area (TPSA) is 54.4 Å². The summed E-state index contributed by atoms with van der Waals surface area (Å²) in [6.07, 6.45) is -3.31. The Morgan fingerprint density at radius 2 is 1.39 bits per heavy atom. The summed E-state index contributed by atoms with van der Waals surface area (Å²) in [6.45, 7) is 2.23. The van der Waals surface area contributed by atoms with E-state index in [0.717, 1.165) is 0 Å². The van der Waals surface area contributed by atoms with E-state index in [1.54, 1.807) is 0 Å². The minimum atomic E-state index is -7.37. The molecule has 164 valence electrons. The number of halogens is 10. The van der Waals surface area contributed by atoms with Crippen LogP contribution in [0.5, 0.6) is 0 Å². The van der Waals surface area contributed by atoms with Crippen LogP contribution in [-0.2, 0) is 16.5 Å². The molecule has 0 radical (unpaired) electrons. The summed E-state index contributed by atoms with van der Waals surface area (Å²) in [5.74, 6) is -14.7. The molecule has 0 aromatic heterocycles. The van der Waals surface area contributed by atoms with Gasteiger partial charge in [-0.2, -0.15) is 47.9 Å². The van der Waals surface area contributed by atoms with E-state index in [9.17, 15) is 47.9 Å². The maximum atomic E-state index is 12.2. The predicted molar refractivity (Wildman–Crippen MR) is 90.2 cm³/mol. The molecule has 0 saturated heterocycles. The lowest BCUT2D eigenvalue weighted by Crippen LogP contribution is -2.63. The standard InChI is InChI=1S/C10H13I.C4HF9O3S/c1-2-3-6-9-7-4-5-8-10(9)11;5-1(6,3(9,10)11)2(7,8)4(12,13)17(14,15)16/h4-5,7-8H,2-3,6H2,1H3;(H,14,15,16). The van der Waals surface area contributed by atoms with Crippen molar-refractivity contribution in [1.29, 1.82) is 0 Å². The molecule has 1 aromatic carbocycles. The fraction of sp³-hybridized carbons (Fsp3) is 0.571. The first kappa shape index (κ1) is 27.2. The van der Waals surface area contributed by atoms with Crippen LogP contribution in [0.2, 0.25) is 0 Å². The molecule has 1 aromatic rings. The van der Waals surface area contributed by atoms with Crippen LogP contribution < -0.4 is 0 Å². The van der Waals surface area contributed by atoms with E-state index in [1.165, 1.54) is 28.4 Å². The molecule has 0 amide bonds. The lowest BCUT2D eigenvalue weighted by molar-refractivity contribution is -0.382. The number of hydrogen-bond acceptors (Lipinski definition) is 2. The first-order valence-corrected chi connectivity index (χ1v) is 9.77. The highest BCUT2D eigenvalue weighted by Crippen LogP contribution is 2.54. The Labute approximate surface area is 168 Å². The summed E-state index contributed by atoms with van der Waals surface area (Å²) >= 11 is 2.40. The van der Waals surface area contributed by atoms with Crippen LogP contribution in [0.25, 0.3) is 0 Å². The molecule has 0 heterocycles. The number of alkyl halides is 9. The molecule has 0 spiro atoms. The third-order valence-corrected chi connectivity index (χ3v) is 5.15. The maximum absolute atomic E-state index is 12.2. The summed E-state index contributed by atoms with van der Waals surface area (Å²) in [6, 6.07) is 8.60. The van der Waals surface area contributed by atoms with E-state index in [1.807, 2.05) is 0 Å². The molecule has 0 fully saturated rings. The summed E-state index contributed by atoms with van der Waals surface area (Å²) in [5.41, 5.74) is 1.50. The molecule has 28 heavy (non-hydrogen) atoms. The smallest absolute Gasteiger partial charge is 0.281 e. The molecule has 1 N–H and O–H groups in total. The molecule has 3 nitrogen and oxygen atoms in total. The highest BCUT2D eigenvalue weighted by molar-refractivity contribution is 14.1. The predicted octanol–water partition coefficient (Wildman–Crippen LogP) is 5.93. The van der Waals surface area contributed by atoms with Gasteiger partial charge in [0.1, 0.15) is 0 Å². The lowest BCUT2D eigenvalue weighted by atomic mass is 10.1. The van der Waals surface area contributed by atoms with Gasteiger partial charge < -0.3 is 0 Å². The highest BCUT2D eigenvalue weighted by atomic mass is 127. The fourth-order valence-electron chi connectivity index (χ4n) is 1.59. The van der Waals surface area contributed by atoms with Gasteiger partial charge in [-0.25, -0.2) is 0 Å². The molecule has 0 unspecified atom stereocenters. The van der Waals surface area contributed by atoms with Gasteiger partial charge in [-0.3, -0.25) is 4.55 Å². The second-order valence-electron chi connectivity index (χ2n) is 5.33. The third kappa shape index (κ3) is 5.87. The number of rotatable bonds is 6. The van der Waals surface area contributed by atoms with Gasteiger partial charge in [0.25, 0.3) is 0 Å². The number of unbranched alkanes of at least 4 members (excludes halogenated alkanes) is 1. The van der Waals surface area contributed by atoms with Crippen molar-refractivity contribution in [3.05, 3.63) is 33.4 Å². The van der Waals surface area contributed by atoms with Crippen molar-refractivity contribution in [3.63, 3.8) is 0 Å². The SMILES string of the molecule is CCCCc1ccccc1I.O=S(=O)(O)C(F)(F)C(F)(F)C(F)(F)C(F)(F)F. The fourth-order valence-corrected chi connectivity index (χ4v) is 2.70. The summed E-state index contributed by atoms with van der Waals surface area (Å²) < 4.78 is 135. The molecule has 0 atom stereocenters. The van der Waals surface area contributed by atoms with Crippen molar-refractivity contribution in [2.45, 2.75) is 49.5 Å². The Morgan fingerprint density at radius 3 is 1.75 bits per heavy atom. The number of aryl methyl sites for hydroxylation is 1. The Bertz CT molecular complexity index is 749. The lowest BCUT2D eigenvalue weighted by Gasteiger charge is -2.31. The van der Waals surface area contributed by atoms with E-state index in [0.29, 0.717) is 0 Å². The monoisotopic (exact) mass is 560 g/mol. The van der Waals surface area contributed by atoms with Gasteiger partial charge in [-0.15, -0.1) is 0 Å². The van der Waals surface area contributed by atoms with Gasteiger partial charge in [0.2, 0.25) is 0 Å². The Balaban J connectivity index is 0.000000567. The van der Waals surface area contributed by atoms with Crippen LogP contribution in [-0.4, -0.2) is 36.2 Å². The van der Waals surface area contributed by atoms with Crippen molar-refractivity contribution < 1.29 is 52.5 Å². The number of benzene rings is 1. The van der Waals surface area contributed by atoms with Crippen LogP contribution in [0.4, 0.5) is 39.5 Å². The molecule has 0 saturated carbocycles. The average molecular weight is 560 g/mol. The van der Waals surface area contributed by atoms with Crippen LogP contribution in [0.15, 0.2) is 24.3 Å². The van der Waals surface area contributed by atoms with Crippen molar-refractivity contribution in [2.75, 3.05) is 0 Å². The highest BCUT2D eigenvalue weighted by Gasteiger charge is 2.85. The van der Waals surface area contributed by atoms with E-state index in [-0.39, 0.29) is 0 Å². The zero-order valence-electron chi connectivity index (χ0n) is 13.9. The molecular formula is C14H14F9IO3S. The van der Waals surface area contributed by atoms with Gasteiger partial charge in [-0.1, -0.05) is 31.5 Å². The van der Waals surface area contributed by atoms with E-state index in [2.05, 4.69) is 53.8 Å². The molecular weight excluding hydrogens is 546 g/mol. The normalized spacial score (nSPS) is 13.7. The first-order chi connectivity index (χ1) is 12.3. The van der Waals surface area contributed by atoms with Gasteiger partial charge in [0.15, 0.2) is 0 Å². The van der Waals surface area contributed by atoms with Crippen molar-refractivity contribution in [1.82, 2.24) is 0 Å². The first-order valence-electron chi connectivity index (χ1n) is 7.25. The van der Waals surface area contributed by atoms with Crippen LogP contribution >= 0.6 is 22.6 Å². The van der Waals surface area contributed by atoms with Crippen LogP contribution in [0.1, 0.15) is 25.3 Å². The zero-order chi connectivity index (χ0) is 22.6. The van der Waals surface area contributed by atoms with Crippen molar-refractivity contribution in [2.24, 2.45) is 0 Å². The minimum absolute atomic E-state index is 1.23. The number of hydrogen-bond donors (Lipinski definition) is 1. The Hall–Kier alpha value is -0.770. The van der Waals surface area contributed by atoms with Crippen LogP contribution in [0.3, 0.4) is 0 Å². The zero-order valence-corrected chi connectivity index (χ0v) is 16.9. The minimum Gasteiger partial charge on any atom is -0.281 e. The Morgan fingerprint density at radius 1 is 0.929 bits per heavy atom. The quantitative estimate of drug-likeness (QED) is 0.267. The second-order valence-corrected chi connectivity index (χ2v) is 7.96. The summed E-state index contributed by atoms with van der Waals surface area (Å²) in [5, 5.41) is -7.00. The van der Waals surface area contributed by atoms with Gasteiger partial charge in [0.05, 0.1) is 0 Å². The second kappa shape index (κ2) is 9.36. The summed E-state index contributed by atoms with van der Waals surface area (Å²) in [7, 11) is -7.17. The largest absolute Gasteiger partial charge is 0.460 e. The molecule has 0 bridgehead atoms. The molecule has 14 heteroatoms. The molecule has 1 rings (SSSR count). The van der Waals surface area contributed by atoms with E-state index < -0.39 is 33.4 Å². The van der Waals surface area contributed by atoms with Gasteiger partial charge >= 0.3 is 33.4 Å². The Kier molecular flexibility index (Phi) is 9.11. The maximum Gasteiger partial charge on any atom is 0.460 e. The van der Waals surface area contributed by atoms with Crippen molar-refractivity contribution in [3.8, 4) is 0 Å². The van der Waals surface area contributed by atoms with Crippen molar-refractivity contribution >= 4 is 32.7 Å². The van der Waals surface area contributed by atoms with Gasteiger partial charge in [0, 0.05) is 3.57 Å². The average Bonchev–Trinajstić information content (AvgIpc) is 2.52. The van der Waals surface area contributed by atoms with E-state index >= 15 is 0 Å². The molecule has 0 aliphatic rings. The van der Waals surface area contributed by atoms with E-state index in [4.69, 9.17) is 4.55 Å². The molecule has 0 aliphatic carbocycles. The van der Waals surface area contributed by atoms with Crippen LogP contribution in [0, 0.1) is 3.57 Å². The third-order valence-electron chi connectivity index (χ3n) is 3.20. The summed E-state index contributed by atoms with van der Waals surface area (Å²) in [4.78, 5) is 0.